The highest BCUT2D eigenvalue weighted by Crippen LogP contribution is 2.40. The summed E-state index contributed by atoms with van der Waals surface area (Å²) in [4.78, 5) is 28.9. The molecule has 1 amide bonds. The van der Waals surface area contributed by atoms with Gasteiger partial charge in [0.2, 0.25) is 0 Å². The number of nitrogens with zero attached hydrogens (tertiary/aromatic N) is 3. The van der Waals surface area contributed by atoms with Gasteiger partial charge in [-0.15, -0.1) is 0 Å². The molecule has 2 aromatic rings. The van der Waals surface area contributed by atoms with Gasteiger partial charge in [-0.25, -0.2) is 4.39 Å². The van der Waals surface area contributed by atoms with Gasteiger partial charge in [-0.1, -0.05) is 12.1 Å². The molecule has 1 aliphatic rings. The second kappa shape index (κ2) is 7.55. The Balaban J connectivity index is 2.18. The summed E-state index contributed by atoms with van der Waals surface area (Å²) in [6, 6.07) is 4.80. The molecule has 0 spiro atoms. The Kier molecular flexibility index (Phi) is 5.33. The van der Waals surface area contributed by atoms with Crippen molar-refractivity contribution in [1.82, 2.24) is 20.0 Å². The van der Waals surface area contributed by atoms with Crippen molar-refractivity contribution in [2.45, 2.75) is 19.9 Å². The average molecular weight is 386 g/mol. The number of aryl methyl sites for hydroxylation is 2. The van der Waals surface area contributed by atoms with Crippen molar-refractivity contribution in [3.05, 3.63) is 58.2 Å². The van der Waals surface area contributed by atoms with E-state index in [0.717, 1.165) is 0 Å². The molecule has 1 atom stereocenters. The van der Waals surface area contributed by atoms with Crippen LogP contribution in [-0.2, 0) is 9.59 Å². The van der Waals surface area contributed by atoms with Crippen LogP contribution in [0.15, 0.2) is 29.8 Å². The summed E-state index contributed by atoms with van der Waals surface area (Å²) in [5.41, 5.74) is 2.06. The number of carbonyl (C=O) groups is 2. The van der Waals surface area contributed by atoms with Gasteiger partial charge < -0.3 is 14.9 Å². The largest absolute Gasteiger partial charge is 0.507 e. The fourth-order valence-corrected chi connectivity index (χ4v) is 3.44. The second-order valence-electron chi connectivity index (χ2n) is 7.16. The first-order valence-corrected chi connectivity index (χ1v) is 8.93. The topological polar surface area (TPSA) is 89.5 Å². The molecular formula is C20H23FN4O3. The molecule has 1 aliphatic heterocycles. The van der Waals surface area contributed by atoms with Crippen LogP contribution in [0.25, 0.3) is 5.76 Å². The van der Waals surface area contributed by atoms with E-state index in [0.29, 0.717) is 35.6 Å². The van der Waals surface area contributed by atoms with Gasteiger partial charge in [-0.05, 0) is 45.6 Å². The van der Waals surface area contributed by atoms with Gasteiger partial charge in [0.1, 0.15) is 11.6 Å². The van der Waals surface area contributed by atoms with Crippen LogP contribution in [0, 0.1) is 19.7 Å². The lowest BCUT2D eigenvalue weighted by atomic mass is 9.94. The number of Topliss-reactive ketones (excluding diaryl/α,β-unsaturated/α-hetero) is 1. The summed E-state index contributed by atoms with van der Waals surface area (Å²) >= 11 is 0. The smallest absolute Gasteiger partial charge is 0.295 e. The molecule has 2 N–H and O–H groups in total. The lowest BCUT2D eigenvalue weighted by molar-refractivity contribution is -0.140. The zero-order chi connectivity index (χ0) is 20.6. The van der Waals surface area contributed by atoms with Crippen LogP contribution in [0.1, 0.15) is 28.6 Å². The van der Waals surface area contributed by atoms with Crippen molar-refractivity contribution in [3.8, 4) is 0 Å². The van der Waals surface area contributed by atoms with Crippen LogP contribution in [0.4, 0.5) is 4.39 Å². The molecular weight excluding hydrogens is 363 g/mol. The molecule has 1 fully saturated rings. The number of amides is 1. The summed E-state index contributed by atoms with van der Waals surface area (Å²) in [5.74, 6) is -2.14. The third-order valence-electron chi connectivity index (χ3n) is 4.88. The van der Waals surface area contributed by atoms with E-state index in [9.17, 15) is 19.1 Å². The standard InChI is InChI=1S/C20H23FN4O3/c1-11-15(12(2)23-22-11)18(26)16-17(13-5-7-14(21)8-6-13)25(10-9-24(3)4)20(28)19(16)27/h5-8,17,26H,9-10H2,1-4H3,(H,22,23)/b18-16+. The number of aliphatic hydroxyl groups excluding tert-OH is 1. The predicted octanol–water partition coefficient (Wildman–Crippen LogP) is 2.15. The van der Waals surface area contributed by atoms with Gasteiger partial charge in [0.15, 0.2) is 0 Å². The van der Waals surface area contributed by atoms with Crippen molar-refractivity contribution in [3.63, 3.8) is 0 Å². The number of likely N-dealkylation sites (tertiary alicyclic amines) is 1. The first kappa shape index (κ1) is 19.8. The Hall–Kier alpha value is -3.00. The molecule has 1 aromatic carbocycles. The number of nitrogens with one attached hydrogen (secondary N) is 1. The second-order valence-corrected chi connectivity index (χ2v) is 7.16. The summed E-state index contributed by atoms with van der Waals surface area (Å²) in [6.45, 7) is 4.26. The Morgan fingerprint density at radius 2 is 1.89 bits per heavy atom. The molecule has 148 valence electrons. The maximum atomic E-state index is 13.4. The molecule has 2 heterocycles. The number of ketones is 1. The van der Waals surface area contributed by atoms with Crippen molar-refractivity contribution in [2.75, 3.05) is 27.2 Å². The number of carbonyl (C=O) groups excluding carboxylic acids is 2. The van der Waals surface area contributed by atoms with Crippen LogP contribution in [0.2, 0.25) is 0 Å². The lowest BCUT2D eigenvalue weighted by Gasteiger charge is -2.26. The SMILES string of the molecule is Cc1n[nH]c(C)c1/C(O)=C1\C(=O)C(=O)N(CCN(C)C)C1c1ccc(F)cc1. The first-order chi connectivity index (χ1) is 13.2. The highest BCUT2D eigenvalue weighted by molar-refractivity contribution is 6.46. The number of aromatic amines is 1. The predicted molar refractivity (Wildman–Crippen MR) is 102 cm³/mol. The van der Waals surface area contributed by atoms with Gasteiger partial charge in [0.25, 0.3) is 11.7 Å². The van der Waals surface area contributed by atoms with Gasteiger partial charge in [0.05, 0.1) is 22.9 Å². The van der Waals surface area contributed by atoms with E-state index < -0.39 is 23.5 Å². The van der Waals surface area contributed by atoms with Crippen LogP contribution in [-0.4, -0.2) is 64.0 Å². The molecule has 0 radical (unpaired) electrons. The molecule has 8 heteroatoms. The zero-order valence-electron chi connectivity index (χ0n) is 16.3. The zero-order valence-corrected chi connectivity index (χ0v) is 16.3. The van der Waals surface area contributed by atoms with E-state index in [1.807, 2.05) is 19.0 Å². The Morgan fingerprint density at radius 1 is 1.25 bits per heavy atom. The van der Waals surface area contributed by atoms with Crippen LogP contribution in [0.5, 0.6) is 0 Å². The van der Waals surface area contributed by atoms with E-state index >= 15 is 0 Å². The molecule has 3 rings (SSSR count). The van der Waals surface area contributed by atoms with E-state index in [4.69, 9.17) is 0 Å². The summed E-state index contributed by atoms with van der Waals surface area (Å²) in [6.07, 6.45) is 0. The number of benzene rings is 1. The number of aliphatic hydroxyl groups is 1. The third-order valence-corrected chi connectivity index (χ3v) is 4.88. The van der Waals surface area contributed by atoms with Crippen molar-refractivity contribution >= 4 is 17.4 Å². The minimum absolute atomic E-state index is 0.0111. The maximum Gasteiger partial charge on any atom is 0.295 e. The lowest BCUT2D eigenvalue weighted by Crippen LogP contribution is -2.35. The van der Waals surface area contributed by atoms with Crippen LogP contribution < -0.4 is 0 Å². The Labute approximate surface area is 162 Å². The van der Waals surface area contributed by atoms with Crippen LogP contribution >= 0.6 is 0 Å². The number of rotatable bonds is 5. The molecule has 0 bridgehead atoms. The quantitative estimate of drug-likeness (QED) is 0.467. The third kappa shape index (κ3) is 3.43. The minimum Gasteiger partial charge on any atom is -0.507 e. The number of hydrogen-bond acceptors (Lipinski definition) is 5. The minimum atomic E-state index is -0.797. The van der Waals surface area contributed by atoms with Gasteiger partial charge in [0, 0.05) is 18.8 Å². The maximum absolute atomic E-state index is 13.4. The molecule has 1 unspecified atom stereocenters. The molecule has 1 saturated heterocycles. The van der Waals surface area contributed by atoms with E-state index in [1.54, 1.807) is 13.8 Å². The number of halogens is 1. The molecule has 7 nitrogen and oxygen atoms in total. The Morgan fingerprint density at radius 3 is 2.43 bits per heavy atom. The fraction of sp³-hybridized carbons (Fsp3) is 0.350. The van der Waals surface area contributed by atoms with E-state index in [-0.39, 0.29) is 11.3 Å². The summed E-state index contributed by atoms with van der Waals surface area (Å²) in [5, 5.41) is 17.8. The highest BCUT2D eigenvalue weighted by Gasteiger charge is 2.46. The highest BCUT2D eigenvalue weighted by atomic mass is 19.1. The number of H-pyrrole nitrogens is 1. The molecule has 1 aromatic heterocycles. The van der Waals surface area contributed by atoms with Gasteiger partial charge in [-0.3, -0.25) is 14.7 Å². The summed E-state index contributed by atoms with van der Waals surface area (Å²) < 4.78 is 13.4. The summed E-state index contributed by atoms with van der Waals surface area (Å²) in [7, 11) is 3.73. The average Bonchev–Trinajstić information content (AvgIpc) is 3.10. The Bertz CT molecular complexity index is 927. The van der Waals surface area contributed by atoms with Gasteiger partial charge in [-0.2, -0.15) is 5.10 Å². The molecule has 0 aliphatic carbocycles. The van der Waals surface area contributed by atoms with E-state index in [1.165, 1.54) is 29.2 Å². The molecule has 28 heavy (non-hydrogen) atoms. The van der Waals surface area contributed by atoms with Crippen molar-refractivity contribution < 1.29 is 19.1 Å². The van der Waals surface area contributed by atoms with Crippen molar-refractivity contribution in [2.24, 2.45) is 0 Å². The van der Waals surface area contributed by atoms with Gasteiger partial charge >= 0.3 is 0 Å². The molecule has 0 saturated carbocycles. The fourth-order valence-electron chi connectivity index (χ4n) is 3.44. The normalized spacial score (nSPS) is 19.1. The number of hydrogen-bond donors (Lipinski definition) is 2. The monoisotopic (exact) mass is 386 g/mol. The first-order valence-electron chi connectivity index (χ1n) is 8.93. The van der Waals surface area contributed by atoms with E-state index in [2.05, 4.69) is 10.2 Å². The van der Waals surface area contributed by atoms with Crippen LogP contribution in [0.3, 0.4) is 0 Å². The number of likely N-dealkylation sites (N-methyl/N-ethyl adjacent to an activating group) is 1. The number of aromatic nitrogens is 2. The van der Waals surface area contributed by atoms with Crippen molar-refractivity contribution in [1.29, 1.82) is 0 Å².